The van der Waals surface area contributed by atoms with E-state index in [0.717, 1.165) is 30.1 Å². The van der Waals surface area contributed by atoms with Crippen molar-refractivity contribution < 1.29 is 4.74 Å². The molecule has 4 rings (SSSR count). The molecule has 1 atom stereocenters. The number of thiophene rings is 1. The van der Waals surface area contributed by atoms with Crippen molar-refractivity contribution in [2.24, 2.45) is 5.92 Å². The standard InChI is InChI=1S/C18H21N3OS/c1-13-10-16(8-7-14-5-6-14)23-18(13)17-12-21(20-19-17)11-15-4-2-3-9-22-15/h10,12,14-15H,2-6,9,11H2,1H3/t15-/m1/s1. The SMILES string of the molecule is Cc1cc(C#CC2CC2)sc1-c1cn(C[C@H]2CCCCO2)nn1. The summed E-state index contributed by atoms with van der Waals surface area (Å²) < 4.78 is 7.70. The van der Waals surface area contributed by atoms with E-state index in [1.807, 2.05) is 10.9 Å². The number of ether oxygens (including phenoxy) is 1. The summed E-state index contributed by atoms with van der Waals surface area (Å²) in [6, 6.07) is 2.17. The van der Waals surface area contributed by atoms with Crippen LogP contribution in [0.5, 0.6) is 0 Å². The number of aryl methyl sites for hydroxylation is 1. The molecule has 0 aromatic carbocycles. The first-order chi connectivity index (χ1) is 11.3. The van der Waals surface area contributed by atoms with Crippen LogP contribution in [0.3, 0.4) is 0 Å². The average molecular weight is 327 g/mol. The van der Waals surface area contributed by atoms with E-state index in [4.69, 9.17) is 4.74 Å². The lowest BCUT2D eigenvalue weighted by Gasteiger charge is -2.21. The van der Waals surface area contributed by atoms with Crippen LogP contribution in [0.15, 0.2) is 12.3 Å². The second-order valence-corrected chi connectivity index (χ2v) is 7.53. The van der Waals surface area contributed by atoms with Crippen LogP contribution in [0, 0.1) is 24.7 Å². The second-order valence-electron chi connectivity index (χ2n) is 6.48. The van der Waals surface area contributed by atoms with Gasteiger partial charge in [-0.2, -0.15) is 0 Å². The van der Waals surface area contributed by atoms with Crippen LogP contribution in [0.2, 0.25) is 0 Å². The highest BCUT2D eigenvalue weighted by Gasteiger charge is 2.19. The monoisotopic (exact) mass is 327 g/mol. The van der Waals surface area contributed by atoms with Gasteiger partial charge in [-0.05, 0) is 50.7 Å². The van der Waals surface area contributed by atoms with E-state index < -0.39 is 0 Å². The van der Waals surface area contributed by atoms with Gasteiger partial charge in [-0.25, -0.2) is 4.68 Å². The number of hydrogen-bond acceptors (Lipinski definition) is 4. The van der Waals surface area contributed by atoms with Crippen LogP contribution >= 0.6 is 11.3 Å². The summed E-state index contributed by atoms with van der Waals surface area (Å²) in [6.45, 7) is 3.79. The van der Waals surface area contributed by atoms with Crippen LogP contribution in [0.4, 0.5) is 0 Å². The fourth-order valence-corrected chi connectivity index (χ4v) is 3.83. The fourth-order valence-electron chi connectivity index (χ4n) is 2.85. The van der Waals surface area contributed by atoms with Gasteiger partial charge >= 0.3 is 0 Å². The second kappa shape index (κ2) is 6.46. The maximum Gasteiger partial charge on any atom is 0.123 e. The Kier molecular flexibility index (Phi) is 4.19. The molecule has 2 aromatic rings. The van der Waals surface area contributed by atoms with E-state index in [-0.39, 0.29) is 6.10 Å². The minimum absolute atomic E-state index is 0.280. The third kappa shape index (κ3) is 3.65. The van der Waals surface area contributed by atoms with Crippen molar-refractivity contribution in [1.82, 2.24) is 15.0 Å². The smallest absolute Gasteiger partial charge is 0.123 e. The van der Waals surface area contributed by atoms with Gasteiger partial charge in [-0.15, -0.1) is 16.4 Å². The zero-order valence-electron chi connectivity index (χ0n) is 13.4. The average Bonchev–Trinajstić information content (AvgIpc) is 3.16. The molecule has 1 aliphatic carbocycles. The minimum atomic E-state index is 0.280. The molecule has 4 nitrogen and oxygen atoms in total. The third-order valence-electron chi connectivity index (χ3n) is 4.33. The molecular formula is C18H21N3OS. The van der Waals surface area contributed by atoms with Gasteiger partial charge < -0.3 is 4.74 Å². The Balaban J connectivity index is 1.48. The van der Waals surface area contributed by atoms with E-state index >= 15 is 0 Å². The lowest BCUT2D eigenvalue weighted by atomic mass is 10.1. The highest BCUT2D eigenvalue weighted by atomic mass is 32.1. The van der Waals surface area contributed by atoms with Crippen molar-refractivity contribution >= 4 is 11.3 Å². The summed E-state index contributed by atoms with van der Waals surface area (Å²) in [7, 11) is 0. The van der Waals surface area contributed by atoms with Gasteiger partial charge in [0.2, 0.25) is 0 Å². The summed E-state index contributed by atoms with van der Waals surface area (Å²) in [5.41, 5.74) is 2.18. The third-order valence-corrected chi connectivity index (χ3v) is 5.51. The Bertz CT molecular complexity index is 742. The Morgan fingerprint density at radius 1 is 1.35 bits per heavy atom. The van der Waals surface area contributed by atoms with Crippen molar-refractivity contribution in [3.05, 3.63) is 22.7 Å². The Morgan fingerprint density at radius 3 is 3.04 bits per heavy atom. The fraction of sp³-hybridized carbons (Fsp3) is 0.556. The topological polar surface area (TPSA) is 39.9 Å². The number of aromatic nitrogens is 3. The number of rotatable bonds is 3. The summed E-state index contributed by atoms with van der Waals surface area (Å²) in [5.74, 6) is 7.27. The van der Waals surface area contributed by atoms with E-state index in [1.165, 1.54) is 36.1 Å². The molecule has 0 bridgehead atoms. The Morgan fingerprint density at radius 2 is 2.26 bits per heavy atom. The molecule has 1 aliphatic heterocycles. The van der Waals surface area contributed by atoms with E-state index in [1.54, 1.807) is 11.3 Å². The maximum absolute atomic E-state index is 5.78. The van der Waals surface area contributed by atoms with Crippen LogP contribution in [0.1, 0.15) is 42.5 Å². The molecular weight excluding hydrogens is 306 g/mol. The van der Waals surface area contributed by atoms with Crippen LogP contribution in [0.25, 0.3) is 10.6 Å². The van der Waals surface area contributed by atoms with E-state index in [9.17, 15) is 0 Å². The first-order valence-corrected chi connectivity index (χ1v) is 9.23. The molecule has 1 saturated carbocycles. The first kappa shape index (κ1) is 14.9. The highest BCUT2D eigenvalue weighted by Crippen LogP contribution is 2.32. The molecule has 0 radical (unpaired) electrons. The van der Waals surface area contributed by atoms with Gasteiger partial charge in [0.05, 0.1) is 28.6 Å². The van der Waals surface area contributed by atoms with E-state index in [0.29, 0.717) is 5.92 Å². The molecule has 1 saturated heterocycles. The molecule has 3 heterocycles. The largest absolute Gasteiger partial charge is 0.376 e. The van der Waals surface area contributed by atoms with Crippen molar-refractivity contribution in [1.29, 1.82) is 0 Å². The van der Waals surface area contributed by atoms with Crippen LogP contribution in [-0.4, -0.2) is 27.7 Å². The van der Waals surface area contributed by atoms with Gasteiger partial charge in [0.15, 0.2) is 0 Å². The van der Waals surface area contributed by atoms with Gasteiger partial charge in [-0.3, -0.25) is 0 Å². The normalized spacial score (nSPS) is 21.0. The zero-order valence-corrected chi connectivity index (χ0v) is 14.2. The molecule has 2 aliphatic rings. The van der Waals surface area contributed by atoms with Gasteiger partial charge in [-0.1, -0.05) is 17.1 Å². The minimum Gasteiger partial charge on any atom is -0.376 e. The summed E-state index contributed by atoms with van der Waals surface area (Å²) in [6.07, 6.45) is 8.40. The molecule has 0 spiro atoms. The Hall–Kier alpha value is -1.64. The lowest BCUT2D eigenvalue weighted by Crippen LogP contribution is -2.24. The molecule has 0 amide bonds. The summed E-state index contributed by atoms with van der Waals surface area (Å²) in [5, 5.41) is 8.63. The van der Waals surface area contributed by atoms with E-state index in [2.05, 4.69) is 35.1 Å². The van der Waals surface area contributed by atoms with Gasteiger partial charge in [0.25, 0.3) is 0 Å². The Labute approximate surface area is 140 Å². The van der Waals surface area contributed by atoms with Gasteiger partial charge in [0, 0.05) is 12.5 Å². The zero-order chi connectivity index (χ0) is 15.6. The summed E-state index contributed by atoms with van der Waals surface area (Å²) in [4.78, 5) is 2.32. The predicted molar refractivity (Wildman–Crippen MR) is 91.3 cm³/mol. The molecule has 0 unspecified atom stereocenters. The molecule has 2 fully saturated rings. The molecule has 120 valence electrons. The molecule has 5 heteroatoms. The highest BCUT2D eigenvalue weighted by molar-refractivity contribution is 7.16. The quantitative estimate of drug-likeness (QED) is 0.808. The van der Waals surface area contributed by atoms with Crippen LogP contribution < -0.4 is 0 Å². The lowest BCUT2D eigenvalue weighted by molar-refractivity contribution is 0.00370. The van der Waals surface area contributed by atoms with Crippen molar-refractivity contribution in [3.63, 3.8) is 0 Å². The first-order valence-electron chi connectivity index (χ1n) is 8.42. The van der Waals surface area contributed by atoms with Gasteiger partial charge in [0.1, 0.15) is 5.69 Å². The molecule has 23 heavy (non-hydrogen) atoms. The summed E-state index contributed by atoms with van der Waals surface area (Å²) >= 11 is 1.72. The predicted octanol–water partition coefficient (Wildman–Crippen LogP) is 3.65. The maximum atomic E-state index is 5.78. The van der Waals surface area contributed by atoms with Crippen LogP contribution in [-0.2, 0) is 11.3 Å². The number of nitrogens with zero attached hydrogens (tertiary/aromatic N) is 3. The van der Waals surface area contributed by atoms with Crippen molar-refractivity contribution in [2.45, 2.75) is 51.7 Å². The molecule has 2 aromatic heterocycles. The van der Waals surface area contributed by atoms with Crippen molar-refractivity contribution in [3.8, 4) is 22.4 Å². The van der Waals surface area contributed by atoms with Crippen molar-refractivity contribution in [2.75, 3.05) is 6.61 Å². The molecule has 0 N–H and O–H groups in total. The number of hydrogen-bond donors (Lipinski definition) is 0.